The van der Waals surface area contributed by atoms with E-state index in [1.807, 2.05) is 68.4 Å². The monoisotopic (exact) mass is 573 g/mol. The summed E-state index contributed by atoms with van der Waals surface area (Å²) < 4.78 is 3.18. The van der Waals surface area contributed by atoms with Crippen molar-refractivity contribution in [1.82, 2.24) is 19.8 Å². The maximum Gasteiger partial charge on any atom is 0.226 e. The number of nitrogens with one attached hydrogen (secondary N) is 2. The first-order valence-electron chi connectivity index (χ1n) is 12.2. The van der Waals surface area contributed by atoms with Gasteiger partial charge in [-0.2, -0.15) is 0 Å². The molecule has 0 unspecified atom stereocenters. The number of hydrogen-bond acceptors (Lipinski definition) is 3. The van der Waals surface area contributed by atoms with Gasteiger partial charge in [0.25, 0.3) is 0 Å². The zero-order chi connectivity index (χ0) is 25.9. The fraction of sp³-hybridized carbons (Fsp3) is 0.207. The molecule has 0 bridgehead atoms. The number of rotatable bonds is 7. The Hall–Kier alpha value is -3.49. The van der Waals surface area contributed by atoms with Crippen LogP contribution in [0.2, 0.25) is 0 Å². The lowest BCUT2D eigenvalue weighted by atomic mass is 10.0. The minimum atomic E-state index is -0.156. The third-order valence-corrected chi connectivity index (χ3v) is 7.46. The molecule has 1 fully saturated rings. The lowest BCUT2D eigenvalue weighted by Gasteiger charge is -2.29. The van der Waals surface area contributed by atoms with Crippen molar-refractivity contribution in [2.24, 2.45) is 0 Å². The van der Waals surface area contributed by atoms with Crippen LogP contribution in [0.4, 0.5) is 5.69 Å². The summed E-state index contributed by atoms with van der Waals surface area (Å²) in [6, 6.07) is 24.0. The van der Waals surface area contributed by atoms with E-state index < -0.39 is 0 Å². The minimum absolute atomic E-state index is 0.0427. The molecule has 0 radical (unpaired) electrons. The van der Waals surface area contributed by atoms with Crippen molar-refractivity contribution >= 4 is 44.9 Å². The highest BCUT2D eigenvalue weighted by Gasteiger charge is 2.41. The summed E-state index contributed by atoms with van der Waals surface area (Å²) in [5.41, 5.74) is 6.00. The van der Waals surface area contributed by atoms with E-state index >= 15 is 0 Å². The summed E-state index contributed by atoms with van der Waals surface area (Å²) in [6.45, 7) is 4.49. The van der Waals surface area contributed by atoms with E-state index in [1.54, 1.807) is 6.20 Å². The zero-order valence-corrected chi connectivity index (χ0v) is 23.1. The Morgan fingerprint density at radius 3 is 2.73 bits per heavy atom. The zero-order valence-electron chi connectivity index (χ0n) is 20.7. The fourth-order valence-electron chi connectivity index (χ4n) is 4.77. The third-order valence-electron chi connectivity index (χ3n) is 6.61. The summed E-state index contributed by atoms with van der Waals surface area (Å²) in [7, 11) is 0. The summed E-state index contributed by atoms with van der Waals surface area (Å²) >= 11 is 9.40. The molecule has 1 aliphatic heterocycles. The van der Waals surface area contributed by atoms with E-state index in [4.69, 9.17) is 12.2 Å². The van der Waals surface area contributed by atoms with Crippen molar-refractivity contribution < 1.29 is 4.79 Å². The number of thiocarbonyl (C=S) groups is 1. The van der Waals surface area contributed by atoms with Gasteiger partial charge in [-0.05, 0) is 85.7 Å². The average molecular weight is 575 g/mol. The van der Waals surface area contributed by atoms with E-state index in [0.29, 0.717) is 18.1 Å². The van der Waals surface area contributed by atoms with Gasteiger partial charge in [0.05, 0.1) is 17.8 Å². The molecule has 1 aliphatic rings. The lowest BCUT2D eigenvalue weighted by Crippen LogP contribution is -2.33. The number of nitrogens with zero attached hydrogens (tertiary/aromatic N) is 3. The first-order valence-corrected chi connectivity index (χ1v) is 13.4. The van der Waals surface area contributed by atoms with E-state index in [2.05, 4.69) is 65.4 Å². The van der Waals surface area contributed by atoms with Gasteiger partial charge in [-0.15, -0.1) is 0 Å². The maximum atomic E-state index is 13.0. The summed E-state index contributed by atoms with van der Waals surface area (Å²) in [5.74, 6) is -0.0427. The Bertz CT molecular complexity index is 1440. The van der Waals surface area contributed by atoms with Crippen LogP contribution in [0, 0.1) is 13.8 Å². The number of halogens is 1. The third kappa shape index (κ3) is 5.45. The van der Waals surface area contributed by atoms with Gasteiger partial charge in [0.15, 0.2) is 5.11 Å². The molecule has 8 heteroatoms. The number of aromatic nitrogens is 2. The molecule has 0 saturated carbocycles. The van der Waals surface area contributed by atoms with Crippen molar-refractivity contribution in [3.63, 3.8) is 0 Å². The normalized spacial score (nSPS) is 17.1. The first kappa shape index (κ1) is 25.2. The highest BCUT2D eigenvalue weighted by Crippen LogP contribution is 2.39. The molecule has 0 aliphatic carbocycles. The number of anilines is 1. The topological polar surface area (TPSA) is 62.2 Å². The molecular weight excluding hydrogens is 546 g/mol. The Labute approximate surface area is 230 Å². The van der Waals surface area contributed by atoms with Crippen LogP contribution in [-0.2, 0) is 4.79 Å². The second-order valence-electron chi connectivity index (χ2n) is 9.22. The predicted molar refractivity (Wildman–Crippen MR) is 155 cm³/mol. The molecule has 5 rings (SSSR count). The van der Waals surface area contributed by atoms with Crippen molar-refractivity contribution in [2.45, 2.75) is 32.4 Å². The number of benzene rings is 2. The molecule has 4 aromatic rings. The van der Waals surface area contributed by atoms with Crippen molar-refractivity contribution in [3.05, 3.63) is 112 Å². The van der Waals surface area contributed by atoms with Gasteiger partial charge < -0.3 is 20.1 Å². The van der Waals surface area contributed by atoms with Crippen LogP contribution in [0.15, 0.2) is 89.7 Å². The largest absolute Gasteiger partial charge is 0.352 e. The lowest BCUT2D eigenvalue weighted by molar-refractivity contribution is -0.116. The molecule has 2 aromatic heterocycles. The highest BCUT2D eigenvalue weighted by atomic mass is 79.9. The first-order chi connectivity index (χ1) is 17.9. The Kier molecular flexibility index (Phi) is 7.39. The van der Waals surface area contributed by atoms with Crippen LogP contribution in [0.1, 0.15) is 41.0 Å². The van der Waals surface area contributed by atoms with Crippen LogP contribution in [-0.4, -0.2) is 32.0 Å². The molecule has 1 amide bonds. The second-order valence-corrected chi connectivity index (χ2v) is 10.5. The number of carbonyl (C=O) groups excluding carboxylic acids is 1. The number of carbonyl (C=O) groups is 1. The molecule has 37 heavy (non-hydrogen) atoms. The molecule has 3 heterocycles. The Morgan fingerprint density at radius 2 is 1.95 bits per heavy atom. The van der Waals surface area contributed by atoms with Gasteiger partial charge in [0.1, 0.15) is 0 Å². The predicted octanol–water partition coefficient (Wildman–Crippen LogP) is 6.25. The molecule has 2 N–H and O–H groups in total. The van der Waals surface area contributed by atoms with Crippen molar-refractivity contribution in [3.8, 4) is 5.69 Å². The average Bonchev–Trinajstić information content (AvgIpc) is 3.49. The molecule has 0 spiro atoms. The van der Waals surface area contributed by atoms with E-state index in [0.717, 1.165) is 38.4 Å². The van der Waals surface area contributed by atoms with Crippen LogP contribution in [0.3, 0.4) is 0 Å². The van der Waals surface area contributed by atoms with Gasteiger partial charge in [-0.25, -0.2) is 0 Å². The van der Waals surface area contributed by atoms with E-state index in [-0.39, 0.29) is 18.0 Å². The van der Waals surface area contributed by atoms with E-state index in [1.165, 1.54) is 0 Å². The van der Waals surface area contributed by atoms with Crippen LogP contribution >= 0.6 is 28.1 Å². The number of hydrogen-bond donors (Lipinski definition) is 2. The highest BCUT2D eigenvalue weighted by molar-refractivity contribution is 9.10. The van der Waals surface area contributed by atoms with Crippen LogP contribution < -0.4 is 10.6 Å². The minimum Gasteiger partial charge on any atom is -0.352 e. The Morgan fingerprint density at radius 1 is 1.08 bits per heavy atom. The SMILES string of the molecule is Cc1ccc(C)c(NC(=O)CCN2C(=S)N[C@H](c3ccccn3)[C@H]2c2cccn2-c2cccc(Br)c2)c1. The van der Waals surface area contributed by atoms with Gasteiger partial charge in [0.2, 0.25) is 5.91 Å². The standard InChI is InChI=1S/C29H28BrN5OS/c1-19-11-12-20(2)24(17-19)32-26(36)13-16-35-28(27(33-29(35)37)23-9-3-4-14-31-23)25-10-6-15-34(25)22-8-5-7-21(30)18-22/h3-12,14-15,17-18,27-28H,13,16H2,1-2H3,(H,32,36)(H,33,37)/t27-,28-/m1/s1. The maximum absolute atomic E-state index is 13.0. The van der Waals surface area contributed by atoms with Gasteiger partial charge in [-0.1, -0.05) is 40.2 Å². The molecule has 2 atom stereocenters. The quantitative estimate of drug-likeness (QED) is 0.256. The van der Waals surface area contributed by atoms with Crippen LogP contribution in [0.25, 0.3) is 5.69 Å². The molecule has 2 aromatic carbocycles. The molecule has 188 valence electrons. The smallest absolute Gasteiger partial charge is 0.226 e. The Balaban J connectivity index is 1.44. The van der Waals surface area contributed by atoms with Gasteiger partial charge >= 0.3 is 0 Å². The van der Waals surface area contributed by atoms with Gasteiger partial charge in [0, 0.05) is 46.9 Å². The molecular formula is C29H28BrN5OS. The fourth-order valence-corrected chi connectivity index (χ4v) is 5.49. The van der Waals surface area contributed by atoms with Crippen LogP contribution in [0.5, 0.6) is 0 Å². The number of amides is 1. The van der Waals surface area contributed by atoms with Crippen molar-refractivity contribution in [2.75, 3.05) is 11.9 Å². The molecule has 6 nitrogen and oxygen atoms in total. The summed E-state index contributed by atoms with van der Waals surface area (Å²) in [4.78, 5) is 19.7. The van der Waals surface area contributed by atoms with E-state index in [9.17, 15) is 4.79 Å². The van der Waals surface area contributed by atoms with Gasteiger partial charge in [-0.3, -0.25) is 9.78 Å². The molecule has 1 saturated heterocycles. The number of aryl methyl sites for hydroxylation is 2. The summed E-state index contributed by atoms with van der Waals surface area (Å²) in [5, 5.41) is 7.17. The summed E-state index contributed by atoms with van der Waals surface area (Å²) in [6.07, 6.45) is 4.16. The second kappa shape index (κ2) is 10.9. The van der Waals surface area contributed by atoms with Crippen molar-refractivity contribution in [1.29, 1.82) is 0 Å². The number of pyridine rings is 1.